The van der Waals surface area contributed by atoms with Crippen LogP contribution in [0.5, 0.6) is 0 Å². The first-order valence-corrected chi connectivity index (χ1v) is 14.5. The Morgan fingerprint density at radius 1 is 1.11 bits per heavy atom. The molecule has 4 aliphatic carbocycles. The van der Waals surface area contributed by atoms with Gasteiger partial charge in [-0.3, -0.25) is 0 Å². The highest BCUT2D eigenvalue weighted by atomic mass is 32.2. The zero-order valence-corrected chi connectivity index (χ0v) is 21.5. The fourth-order valence-corrected chi connectivity index (χ4v) is 8.30. The minimum Gasteiger partial charge on any atom is -0.390 e. The summed E-state index contributed by atoms with van der Waals surface area (Å²) < 4.78 is 32.5. The Morgan fingerprint density at radius 3 is 2.64 bits per heavy atom. The summed E-state index contributed by atoms with van der Waals surface area (Å²) in [5.41, 5.74) is 1.23. The summed E-state index contributed by atoms with van der Waals surface area (Å²) >= 11 is 0. The van der Waals surface area contributed by atoms with E-state index in [1.165, 1.54) is 17.1 Å². The Morgan fingerprint density at radius 2 is 1.86 bits per heavy atom. The fraction of sp³-hybridized carbons (Fsp3) is 0.615. The molecule has 10 heteroatoms. The van der Waals surface area contributed by atoms with E-state index in [0.29, 0.717) is 56.0 Å². The highest BCUT2D eigenvalue weighted by Crippen LogP contribution is 2.53. The van der Waals surface area contributed by atoms with Crippen molar-refractivity contribution in [3.63, 3.8) is 0 Å². The first kappa shape index (κ1) is 24.1. The molecule has 7 rings (SSSR count). The third-order valence-corrected chi connectivity index (χ3v) is 10.5. The molecule has 4 bridgehead atoms. The smallest absolute Gasteiger partial charge is 0.243 e. The maximum Gasteiger partial charge on any atom is 0.243 e. The topological polar surface area (TPSA) is 117 Å². The van der Waals surface area contributed by atoms with E-state index in [0.717, 1.165) is 42.8 Å². The van der Waals surface area contributed by atoms with Crippen molar-refractivity contribution in [1.29, 1.82) is 0 Å². The summed E-state index contributed by atoms with van der Waals surface area (Å²) in [5.74, 6) is 2.98. The quantitative estimate of drug-likeness (QED) is 0.539. The number of aromatic nitrogens is 2. The molecule has 1 saturated heterocycles. The van der Waals surface area contributed by atoms with E-state index < -0.39 is 15.6 Å². The van der Waals surface area contributed by atoms with Crippen LogP contribution in [0.25, 0.3) is 0 Å². The highest BCUT2D eigenvalue weighted by molar-refractivity contribution is 7.89. The lowest BCUT2D eigenvalue weighted by molar-refractivity contribution is -0.0439. The second-order valence-corrected chi connectivity index (χ2v) is 13.0. The van der Waals surface area contributed by atoms with E-state index in [1.807, 2.05) is 13.1 Å². The normalized spacial score (nSPS) is 32.3. The van der Waals surface area contributed by atoms with Gasteiger partial charge in [0.1, 0.15) is 5.82 Å². The first-order valence-electron chi connectivity index (χ1n) is 13.1. The second-order valence-electron chi connectivity index (χ2n) is 11.1. The lowest BCUT2D eigenvalue weighted by atomic mass is 9.64. The van der Waals surface area contributed by atoms with E-state index in [4.69, 9.17) is 9.72 Å². The number of morpholine rings is 1. The van der Waals surface area contributed by atoms with Crippen LogP contribution >= 0.6 is 0 Å². The summed E-state index contributed by atoms with van der Waals surface area (Å²) in [6.45, 7) is 3.60. The molecule has 2 aromatic rings. The number of sulfonamides is 1. The maximum atomic E-state index is 12.9. The van der Waals surface area contributed by atoms with Crippen LogP contribution in [-0.2, 0) is 14.8 Å². The standard InChI is InChI=1S/C26H35N5O4S/c1-17-16-27-25(28-21-2-4-22(5-3-21)36(33,34)31-8-10-35-11-9-31)30-24(17)29-23-19-6-7-26(32)14-18(12-19)13-20(23)15-26/h2-5,16,18-20,23,32H,6-15H2,1H3,(H2,27,28,29,30). The average Bonchev–Trinajstić information content (AvgIpc) is 3.04. The monoisotopic (exact) mass is 513 g/mol. The van der Waals surface area contributed by atoms with Crippen molar-refractivity contribution in [3.8, 4) is 0 Å². The molecule has 5 fully saturated rings. The zero-order valence-electron chi connectivity index (χ0n) is 20.7. The van der Waals surface area contributed by atoms with Gasteiger partial charge in [0, 0.05) is 36.6 Å². The second kappa shape index (κ2) is 9.24. The summed E-state index contributed by atoms with van der Waals surface area (Å²) in [6, 6.07) is 7.03. The number of ether oxygens (including phenoxy) is 1. The lowest BCUT2D eigenvalue weighted by Gasteiger charge is -2.47. The largest absolute Gasteiger partial charge is 0.390 e. The van der Waals surface area contributed by atoms with Gasteiger partial charge in [-0.1, -0.05) is 0 Å². The zero-order chi connectivity index (χ0) is 24.9. The van der Waals surface area contributed by atoms with Gasteiger partial charge in [-0.2, -0.15) is 9.29 Å². The highest BCUT2D eigenvalue weighted by Gasteiger charge is 2.51. The molecule has 0 spiro atoms. The van der Waals surface area contributed by atoms with Gasteiger partial charge in [0.2, 0.25) is 16.0 Å². The van der Waals surface area contributed by atoms with E-state index in [9.17, 15) is 13.5 Å². The van der Waals surface area contributed by atoms with Crippen molar-refractivity contribution in [2.75, 3.05) is 36.9 Å². The molecule has 1 aromatic heterocycles. The van der Waals surface area contributed by atoms with Crippen molar-refractivity contribution >= 4 is 27.5 Å². The molecule has 1 aromatic carbocycles. The molecule has 1 aliphatic heterocycles. The van der Waals surface area contributed by atoms with Gasteiger partial charge < -0.3 is 20.5 Å². The number of hydrogen-bond acceptors (Lipinski definition) is 8. The summed E-state index contributed by atoms with van der Waals surface area (Å²) in [4.78, 5) is 9.49. The average molecular weight is 514 g/mol. The van der Waals surface area contributed by atoms with E-state index in [1.54, 1.807) is 24.3 Å². The van der Waals surface area contributed by atoms with Gasteiger partial charge in [0.05, 0.1) is 23.7 Å². The molecule has 9 nitrogen and oxygen atoms in total. The molecule has 5 unspecified atom stereocenters. The van der Waals surface area contributed by atoms with E-state index >= 15 is 0 Å². The number of aliphatic hydroxyl groups is 1. The number of anilines is 3. The minimum absolute atomic E-state index is 0.265. The van der Waals surface area contributed by atoms with E-state index in [-0.39, 0.29) is 4.90 Å². The Bertz CT molecular complexity index is 1220. The van der Waals surface area contributed by atoms with E-state index in [2.05, 4.69) is 15.6 Å². The number of rotatable bonds is 6. The fourth-order valence-electron chi connectivity index (χ4n) is 6.89. The predicted octanol–water partition coefficient (Wildman–Crippen LogP) is 3.29. The lowest BCUT2D eigenvalue weighted by Crippen LogP contribution is -2.48. The predicted molar refractivity (Wildman–Crippen MR) is 137 cm³/mol. The van der Waals surface area contributed by atoms with Gasteiger partial charge in [0.25, 0.3) is 0 Å². The Balaban J connectivity index is 1.17. The van der Waals surface area contributed by atoms with Gasteiger partial charge in [-0.15, -0.1) is 0 Å². The van der Waals surface area contributed by atoms with Crippen LogP contribution in [0, 0.1) is 24.7 Å². The van der Waals surface area contributed by atoms with Crippen molar-refractivity contribution < 1.29 is 18.3 Å². The van der Waals surface area contributed by atoms with Crippen molar-refractivity contribution in [2.24, 2.45) is 17.8 Å². The number of fused-ring (bicyclic) bond motifs is 1. The molecule has 0 amide bonds. The van der Waals surface area contributed by atoms with Gasteiger partial charge in [-0.05, 0) is 87.5 Å². The molecule has 36 heavy (non-hydrogen) atoms. The molecule has 0 radical (unpaired) electrons. The summed E-state index contributed by atoms with van der Waals surface area (Å²) in [6.07, 6.45) is 8.02. The van der Waals surface area contributed by atoms with Crippen LogP contribution in [0.1, 0.15) is 44.1 Å². The maximum absolute atomic E-state index is 12.9. The first-order chi connectivity index (χ1) is 17.3. The van der Waals surface area contributed by atoms with Crippen LogP contribution in [-0.4, -0.2) is 65.7 Å². The van der Waals surface area contributed by atoms with Crippen LogP contribution in [0.4, 0.5) is 17.5 Å². The Kier molecular flexibility index (Phi) is 6.18. The van der Waals surface area contributed by atoms with Crippen LogP contribution in [0.15, 0.2) is 35.4 Å². The van der Waals surface area contributed by atoms with Crippen molar-refractivity contribution in [3.05, 3.63) is 36.0 Å². The molecule has 5 aliphatic rings. The molecular weight excluding hydrogens is 478 g/mol. The third kappa shape index (κ3) is 4.60. The molecule has 3 N–H and O–H groups in total. The number of aryl methyl sites for hydroxylation is 1. The molecule has 194 valence electrons. The van der Waals surface area contributed by atoms with Crippen molar-refractivity contribution in [1.82, 2.24) is 14.3 Å². The minimum atomic E-state index is -3.53. The summed E-state index contributed by atoms with van der Waals surface area (Å²) in [5, 5.41) is 18.0. The number of hydrogen-bond donors (Lipinski definition) is 3. The van der Waals surface area contributed by atoms with Crippen LogP contribution < -0.4 is 10.6 Å². The number of nitrogens with zero attached hydrogens (tertiary/aromatic N) is 3. The molecular formula is C26H35N5O4S. The van der Waals surface area contributed by atoms with Gasteiger partial charge >= 0.3 is 0 Å². The van der Waals surface area contributed by atoms with Gasteiger partial charge in [0.15, 0.2) is 0 Å². The Labute approximate surface area is 212 Å². The number of nitrogens with one attached hydrogen (secondary N) is 2. The van der Waals surface area contributed by atoms with Gasteiger partial charge in [-0.25, -0.2) is 13.4 Å². The molecule has 5 atom stereocenters. The number of benzene rings is 1. The molecule has 4 saturated carbocycles. The van der Waals surface area contributed by atoms with Crippen LogP contribution in [0.3, 0.4) is 0 Å². The van der Waals surface area contributed by atoms with Crippen LogP contribution in [0.2, 0.25) is 0 Å². The summed E-state index contributed by atoms with van der Waals surface area (Å²) in [7, 11) is -3.53. The third-order valence-electron chi connectivity index (χ3n) is 8.57. The van der Waals surface area contributed by atoms with Crippen molar-refractivity contribution in [2.45, 2.75) is 62.0 Å². The Hall–Kier alpha value is -2.27. The SMILES string of the molecule is Cc1cnc(Nc2ccc(S(=O)(=O)N3CCOCC3)cc2)nc1NC1C2CCC3(O)CC(C2)CC1C3. The molecule has 2 heterocycles.